The summed E-state index contributed by atoms with van der Waals surface area (Å²) in [5.74, 6) is -4.25. The summed E-state index contributed by atoms with van der Waals surface area (Å²) < 4.78 is 0. The second kappa shape index (κ2) is 5.16. The number of amides is 1. The van der Waals surface area contributed by atoms with Crippen molar-refractivity contribution >= 4 is 17.8 Å². The minimum absolute atomic E-state index is 0.0785. The number of carboxylic acid groups (broad SMARTS) is 2. The number of rotatable bonds is 3. The molecule has 0 spiro atoms. The number of nitrogens with zero attached hydrogens (tertiary/aromatic N) is 1. The van der Waals surface area contributed by atoms with Crippen molar-refractivity contribution in [2.75, 3.05) is 13.1 Å². The maximum Gasteiger partial charge on any atom is 0.315 e. The molecule has 6 nitrogen and oxygen atoms in total. The van der Waals surface area contributed by atoms with Crippen LogP contribution in [0.3, 0.4) is 0 Å². The zero-order chi connectivity index (χ0) is 13.2. The number of hydrogen-bond acceptors (Lipinski definition) is 3. The number of likely N-dealkylation sites (tertiary alicyclic amines) is 1. The van der Waals surface area contributed by atoms with Crippen LogP contribution >= 0.6 is 0 Å². The zero-order valence-corrected chi connectivity index (χ0v) is 9.92. The molecular weight excluding hydrogens is 226 g/mol. The van der Waals surface area contributed by atoms with E-state index in [2.05, 4.69) is 0 Å². The minimum atomic E-state index is -1.18. The lowest BCUT2D eigenvalue weighted by Gasteiger charge is -2.35. The van der Waals surface area contributed by atoms with E-state index in [9.17, 15) is 14.4 Å². The Hall–Kier alpha value is -1.59. The quantitative estimate of drug-likeness (QED) is 0.694. The van der Waals surface area contributed by atoms with Crippen LogP contribution in [0.5, 0.6) is 0 Å². The van der Waals surface area contributed by atoms with Gasteiger partial charge in [0.15, 0.2) is 0 Å². The van der Waals surface area contributed by atoms with Crippen LogP contribution in [0.1, 0.15) is 20.3 Å². The van der Waals surface area contributed by atoms with Gasteiger partial charge in [-0.2, -0.15) is 0 Å². The van der Waals surface area contributed by atoms with Gasteiger partial charge in [0.05, 0.1) is 5.92 Å². The van der Waals surface area contributed by atoms with Gasteiger partial charge in [-0.3, -0.25) is 14.4 Å². The van der Waals surface area contributed by atoms with Crippen molar-refractivity contribution in [1.82, 2.24) is 4.90 Å². The first-order valence-corrected chi connectivity index (χ1v) is 5.57. The van der Waals surface area contributed by atoms with Gasteiger partial charge in [0.1, 0.15) is 5.92 Å². The Morgan fingerprint density at radius 3 is 2.29 bits per heavy atom. The Labute approximate surface area is 99.2 Å². The summed E-state index contributed by atoms with van der Waals surface area (Å²) >= 11 is 0. The minimum Gasteiger partial charge on any atom is -0.481 e. The third kappa shape index (κ3) is 3.18. The molecule has 0 saturated carbocycles. The van der Waals surface area contributed by atoms with Gasteiger partial charge in [0.25, 0.3) is 0 Å². The van der Waals surface area contributed by atoms with Crippen molar-refractivity contribution in [3.63, 3.8) is 0 Å². The van der Waals surface area contributed by atoms with Crippen molar-refractivity contribution in [3.8, 4) is 0 Å². The van der Waals surface area contributed by atoms with Gasteiger partial charge < -0.3 is 15.1 Å². The first-order chi connectivity index (χ1) is 7.82. The molecule has 6 heteroatoms. The second-order valence-corrected chi connectivity index (χ2v) is 4.68. The lowest BCUT2D eigenvalue weighted by molar-refractivity contribution is -0.153. The molecule has 1 aliphatic heterocycles. The van der Waals surface area contributed by atoms with Gasteiger partial charge in [0, 0.05) is 13.1 Å². The van der Waals surface area contributed by atoms with Gasteiger partial charge in [-0.15, -0.1) is 0 Å². The average molecular weight is 243 g/mol. The fourth-order valence-electron chi connectivity index (χ4n) is 2.09. The van der Waals surface area contributed by atoms with Crippen LogP contribution < -0.4 is 0 Å². The molecule has 1 saturated heterocycles. The van der Waals surface area contributed by atoms with E-state index < -0.39 is 29.7 Å². The number of carboxylic acids is 2. The summed E-state index contributed by atoms with van der Waals surface area (Å²) in [6, 6.07) is 0. The number of piperidine rings is 1. The van der Waals surface area contributed by atoms with Crippen LogP contribution in [-0.4, -0.2) is 46.0 Å². The van der Waals surface area contributed by atoms with Crippen molar-refractivity contribution in [1.29, 1.82) is 0 Å². The molecular formula is C11H17NO5. The maximum atomic E-state index is 11.8. The summed E-state index contributed by atoms with van der Waals surface area (Å²) in [6.45, 7) is 3.72. The molecule has 1 rings (SSSR count). The predicted molar refractivity (Wildman–Crippen MR) is 58.3 cm³/mol. The molecule has 3 unspecified atom stereocenters. The molecule has 0 aromatic heterocycles. The van der Waals surface area contributed by atoms with Crippen molar-refractivity contribution in [2.24, 2.45) is 17.8 Å². The monoisotopic (exact) mass is 243 g/mol. The highest BCUT2D eigenvalue weighted by atomic mass is 16.4. The van der Waals surface area contributed by atoms with E-state index in [1.54, 1.807) is 0 Å². The molecule has 3 atom stereocenters. The van der Waals surface area contributed by atoms with E-state index in [4.69, 9.17) is 10.2 Å². The Balaban J connectivity index is 2.73. The molecule has 1 fully saturated rings. The first kappa shape index (κ1) is 13.5. The van der Waals surface area contributed by atoms with Crippen LogP contribution in [0, 0.1) is 17.8 Å². The van der Waals surface area contributed by atoms with Crippen molar-refractivity contribution in [2.45, 2.75) is 20.3 Å². The normalized spacial score (nSPS) is 26.4. The summed E-state index contributed by atoms with van der Waals surface area (Å²) in [7, 11) is 0. The molecule has 2 N–H and O–H groups in total. The molecule has 0 radical (unpaired) electrons. The van der Waals surface area contributed by atoms with E-state index >= 15 is 0 Å². The van der Waals surface area contributed by atoms with E-state index in [1.165, 1.54) is 11.8 Å². The second-order valence-electron chi connectivity index (χ2n) is 4.68. The Bertz CT molecular complexity index is 341. The lowest BCUT2D eigenvalue weighted by atomic mass is 9.90. The smallest absolute Gasteiger partial charge is 0.315 e. The highest BCUT2D eigenvalue weighted by Gasteiger charge is 2.35. The highest BCUT2D eigenvalue weighted by molar-refractivity contribution is 5.96. The van der Waals surface area contributed by atoms with Gasteiger partial charge in [0.2, 0.25) is 5.91 Å². The van der Waals surface area contributed by atoms with Gasteiger partial charge >= 0.3 is 11.9 Å². The Kier molecular flexibility index (Phi) is 4.09. The van der Waals surface area contributed by atoms with Crippen LogP contribution in [0.25, 0.3) is 0 Å². The lowest BCUT2D eigenvalue weighted by Crippen LogP contribution is -2.48. The molecule has 17 heavy (non-hydrogen) atoms. The SMILES string of the molecule is CC1CC(C(=O)O)CN(C(=O)C(C)C(=O)O)C1. The molecule has 1 heterocycles. The first-order valence-electron chi connectivity index (χ1n) is 5.57. The fraction of sp³-hybridized carbons (Fsp3) is 0.727. The van der Waals surface area contributed by atoms with Crippen LogP contribution in [0.2, 0.25) is 0 Å². The summed E-state index contributed by atoms with van der Waals surface area (Å²) in [5, 5.41) is 17.7. The van der Waals surface area contributed by atoms with Crippen LogP contribution in [-0.2, 0) is 14.4 Å². The summed E-state index contributed by atoms with van der Waals surface area (Å²) in [4.78, 5) is 34.8. The Morgan fingerprint density at radius 2 is 1.82 bits per heavy atom. The van der Waals surface area contributed by atoms with Crippen molar-refractivity contribution < 1.29 is 24.6 Å². The largest absolute Gasteiger partial charge is 0.481 e. The predicted octanol–water partition coefficient (Wildman–Crippen LogP) is 0.276. The number of carbonyl (C=O) groups excluding carboxylic acids is 1. The standard InChI is InChI=1S/C11H17NO5/c1-6-3-8(11(16)17)5-12(4-6)9(13)7(2)10(14)15/h6-8H,3-5H2,1-2H3,(H,14,15)(H,16,17). The zero-order valence-electron chi connectivity index (χ0n) is 9.92. The molecule has 1 amide bonds. The van der Waals surface area contributed by atoms with Crippen LogP contribution in [0.15, 0.2) is 0 Å². The molecule has 0 bridgehead atoms. The van der Waals surface area contributed by atoms with E-state index in [-0.39, 0.29) is 12.5 Å². The number of hydrogen-bond donors (Lipinski definition) is 2. The maximum absolute atomic E-state index is 11.8. The molecule has 0 aliphatic carbocycles. The van der Waals surface area contributed by atoms with E-state index in [1.807, 2.05) is 6.92 Å². The fourth-order valence-corrected chi connectivity index (χ4v) is 2.09. The summed E-state index contributed by atoms with van der Waals surface area (Å²) in [6.07, 6.45) is 0.528. The number of aliphatic carboxylic acids is 2. The third-order valence-corrected chi connectivity index (χ3v) is 3.06. The topological polar surface area (TPSA) is 94.9 Å². The van der Waals surface area contributed by atoms with Crippen LogP contribution in [0.4, 0.5) is 0 Å². The number of carbonyl (C=O) groups is 3. The summed E-state index contributed by atoms with van der Waals surface area (Å²) in [5.41, 5.74) is 0. The van der Waals surface area contributed by atoms with Crippen molar-refractivity contribution in [3.05, 3.63) is 0 Å². The molecule has 0 aromatic rings. The van der Waals surface area contributed by atoms with E-state index in [0.717, 1.165) is 0 Å². The van der Waals surface area contributed by atoms with Gasteiger partial charge in [-0.05, 0) is 19.3 Å². The van der Waals surface area contributed by atoms with Gasteiger partial charge in [-0.1, -0.05) is 6.92 Å². The molecule has 0 aromatic carbocycles. The molecule has 1 aliphatic rings. The molecule has 96 valence electrons. The van der Waals surface area contributed by atoms with E-state index in [0.29, 0.717) is 13.0 Å². The Morgan fingerprint density at radius 1 is 1.24 bits per heavy atom. The average Bonchev–Trinajstić information content (AvgIpc) is 2.25. The highest BCUT2D eigenvalue weighted by Crippen LogP contribution is 2.23. The van der Waals surface area contributed by atoms with Gasteiger partial charge in [-0.25, -0.2) is 0 Å². The third-order valence-electron chi connectivity index (χ3n) is 3.06.